The molecule has 1 atom stereocenters. The summed E-state index contributed by atoms with van der Waals surface area (Å²) in [6, 6.07) is 6.49. The van der Waals surface area contributed by atoms with E-state index in [1.54, 1.807) is 24.3 Å². The summed E-state index contributed by atoms with van der Waals surface area (Å²) in [6.45, 7) is 2.05. The largest absolute Gasteiger partial charge is 0.366 e. The van der Waals surface area contributed by atoms with Crippen molar-refractivity contribution in [2.45, 2.75) is 51.5 Å². The first kappa shape index (κ1) is 16.3. The van der Waals surface area contributed by atoms with Crippen LogP contribution in [0.15, 0.2) is 24.3 Å². The summed E-state index contributed by atoms with van der Waals surface area (Å²) in [4.78, 5) is 23.0. The lowest BCUT2D eigenvalue weighted by Gasteiger charge is -2.25. The zero-order valence-corrected chi connectivity index (χ0v) is 13.1. The van der Waals surface area contributed by atoms with Gasteiger partial charge in [-0.1, -0.05) is 32.1 Å². The van der Waals surface area contributed by atoms with Gasteiger partial charge >= 0.3 is 6.03 Å². The molecule has 3 amide bonds. The van der Waals surface area contributed by atoms with E-state index in [4.69, 9.17) is 5.73 Å². The van der Waals surface area contributed by atoms with Crippen LogP contribution in [0, 0.1) is 5.92 Å². The number of anilines is 1. The van der Waals surface area contributed by atoms with Gasteiger partial charge < -0.3 is 16.4 Å². The lowest BCUT2D eigenvalue weighted by Crippen LogP contribution is -2.37. The van der Waals surface area contributed by atoms with Crippen LogP contribution >= 0.6 is 0 Å². The van der Waals surface area contributed by atoms with Crippen molar-refractivity contribution in [2.24, 2.45) is 11.7 Å². The van der Waals surface area contributed by atoms with Gasteiger partial charge in [0.2, 0.25) is 5.91 Å². The first-order valence-corrected chi connectivity index (χ1v) is 8.02. The molecule has 0 spiro atoms. The van der Waals surface area contributed by atoms with Crippen LogP contribution in [-0.2, 0) is 0 Å². The highest BCUT2D eigenvalue weighted by Gasteiger charge is 2.17. The van der Waals surface area contributed by atoms with Gasteiger partial charge in [-0.15, -0.1) is 0 Å². The first-order chi connectivity index (χ1) is 10.5. The van der Waals surface area contributed by atoms with Gasteiger partial charge in [-0.2, -0.15) is 0 Å². The zero-order valence-electron chi connectivity index (χ0n) is 13.1. The van der Waals surface area contributed by atoms with Crippen LogP contribution in [0.3, 0.4) is 0 Å². The van der Waals surface area contributed by atoms with Gasteiger partial charge in [0.1, 0.15) is 0 Å². The molecule has 2 rings (SSSR count). The van der Waals surface area contributed by atoms with E-state index in [-0.39, 0.29) is 12.1 Å². The van der Waals surface area contributed by atoms with E-state index in [9.17, 15) is 9.59 Å². The number of amides is 3. The van der Waals surface area contributed by atoms with Crippen molar-refractivity contribution >= 4 is 17.6 Å². The summed E-state index contributed by atoms with van der Waals surface area (Å²) in [5, 5.41) is 5.75. The molecule has 1 aromatic rings. The van der Waals surface area contributed by atoms with Crippen LogP contribution < -0.4 is 16.4 Å². The Bertz CT molecular complexity index is 507. The number of hydrogen-bond acceptors (Lipinski definition) is 2. The number of carbonyl (C=O) groups is 2. The molecule has 0 unspecified atom stereocenters. The summed E-state index contributed by atoms with van der Waals surface area (Å²) in [6.07, 6.45) is 7.57. The number of hydrogen-bond donors (Lipinski definition) is 3. The number of primary amides is 1. The second-order valence-corrected chi connectivity index (χ2v) is 6.18. The third kappa shape index (κ3) is 5.06. The molecule has 1 saturated carbocycles. The average Bonchev–Trinajstić information content (AvgIpc) is 2.48. The third-order valence-corrected chi connectivity index (χ3v) is 4.22. The van der Waals surface area contributed by atoms with Crippen molar-refractivity contribution < 1.29 is 9.59 Å². The molecule has 5 nitrogen and oxygen atoms in total. The van der Waals surface area contributed by atoms with Crippen LogP contribution in [0.2, 0.25) is 0 Å². The monoisotopic (exact) mass is 303 g/mol. The van der Waals surface area contributed by atoms with Gasteiger partial charge in [-0.3, -0.25) is 4.79 Å². The Morgan fingerprint density at radius 2 is 1.82 bits per heavy atom. The standard InChI is InChI=1S/C17H25N3O2/c1-12(11-13-5-3-2-4-6-13)19-17(22)20-15-9-7-14(8-10-15)16(18)21/h7-10,12-13H,2-6,11H2,1H3,(H2,18,21)(H2,19,20,22)/t12-/m1/s1. The Morgan fingerprint density at radius 3 is 2.41 bits per heavy atom. The molecule has 0 heterocycles. The minimum Gasteiger partial charge on any atom is -0.366 e. The smallest absolute Gasteiger partial charge is 0.319 e. The van der Waals surface area contributed by atoms with E-state index < -0.39 is 5.91 Å². The predicted molar refractivity (Wildman–Crippen MR) is 87.8 cm³/mol. The molecule has 120 valence electrons. The maximum Gasteiger partial charge on any atom is 0.319 e. The van der Waals surface area contributed by atoms with Gasteiger partial charge in [0.05, 0.1) is 0 Å². The summed E-state index contributed by atoms with van der Waals surface area (Å²) in [5.74, 6) is 0.260. The molecule has 22 heavy (non-hydrogen) atoms. The predicted octanol–water partition coefficient (Wildman–Crippen LogP) is 3.27. The second-order valence-electron chi connectivity index (χ2n) is 6.18. The molecule has 0 aromatic heterocycles. The van der Waals surface area contributed by atoms with E-state index in [0.717, 1.165) is 12.3 Å². The maximum absolute atomic E-state index is 12.0. The Balaban J connectivity index is 1.77. The highest BCUT2D eigenvalue weighted by molar-refractivity contribution is 5.94. The van der Waals surface area contributed by atoms with Crippen molar-refractivity contribution in [1.82, 2.24) is 5.32 Å². The average molecular weight is 303 g/mol. The highest BCUT2D eigenvalue weighted by Crippen LogP contribution is 2.27. The lowest BCUT2D eigenvalue weighted by atomic mass is 9.85. The van der Waals surface area contributed by atoms with Gasteiger partial charge in [-0.25, -0.2) is 4.79 Å². The molecule has 1 aromatic carbocycles. The summed E-state index contributed by atoms with van der Waals surface area (Å²) in [7, 11) is 0. The van der Waals surface area contributed by atoms with Gasteiger partial charge in [0.15, 0.2) is 0 Å². The molecule has 0 saturated heterocycles. The zero-order chi connectivity index (χ0) is 15.9. The van der Waals surface area contributed by atoms with Crippen LogP contribution in [0.25, 0.3) is 0 Å². The topological polar surface area (TPSA) is 84.2 Å². The number of urea groups is 1. The summed E-state index contributed by atoms with van der Waals surface area (Å²) < 4.78 is 0. The van der Waals surface area contributed by atoms with E-state index in [1.807, 2.05) is 6.92 Å². The van der Waals surface area contributed by atoms with E-state index in [2.05, 4.69) is 10.6 Å². The molecule has 5 heteroatoms. The quantitative estimate of drug-likeness (QED) is 0.780. The number of nitrogens with one attached hydrogen (secondary N) is 2. The minimum absolute atomic E-state index is 0.160. The molecule has 1 aliphatic rings. The van der Waals surface area contributed by atoms with Crippen LogP contribution in [-0.4, -0.2) is 18.0 Å². The Morgan fingerprint density at radius 1 is 1.18 bits per heavy atom. The molecular weight excluding hydrogens is 278 g/mol. The van der Waals surface area contributed by atoms with Crippen molar-refractivity contribution in [2.75, 3.05) is 5.32 Å². The van der Waals surface area contributed by atoms with Gasteiger partial charge in [0.25, 0.3) is 0 Å². The second kappa shape index (κ2) is 7.82. The number of rotatable bonds is 5. The fourth-order valence-electron chi connectivity index (χ4n) is 3.09. The van der Waals surface area contributed by atoms with Crippen molar-refractivity contribution in [1.29, 1.82) is 0 Å². The molecule has 4 N–H and O–H groups in total. The summed E-state index contributed by atoms with van der Waals surface area (Å²) in [5.41, 5.74) is 6.25. The normalized spacial score (nSPS) is 16.8. The Kier molecular flexibility index (Phi) is 5.81. The number of nitrogens with two attached hydrogens (primary N) is 1. The van der Waals surface area contributed by atoms with E-state index in [1.165, 1.54) is 32.1 Å². The minimum atomic E-state index is -0.475. The molecule has 0 radical (unpaired) electrons. The van der Waals surface area contributed by atoms with Crippen molar-refractivity contribution in [3.05, 3.63) is 29.8 Å². The number of carbonyl (C=O) groups excluding carboxylic acids is 2. The third-order valence-electron chi connectivity index (χ3n) is 4.22. The fourth-order valence-corrected chi connectivity index (χ4v) is 3.09. The summed E-state index contributed by atoms with van der Waals surface area (Å²) >= 11 is 0. The molecular formula is C17H25N3O2. The lowest BCUT2D eigenvalue weighted by molar-refractivity contribution is 0.100. The molecule has 1 aliphatic carbocycles. The number of benzene rings is 1. The first-order valence-electron chi connectivity index (χ1n) is 8.02. The van der Waals surface area contributed by atoms with Crippen LogP contribution in [0.5, 0.6) is 0 Å². The Hall–Kier alpha value is -2.04. The van der Waals surface area contributed by atoms with Crippen molar-refractivity contribution in [3.8, 4) is 0 Å². The molecule has 0 bridgehead atoms. The SMILES string of the molecule is C[C@H](CC1CCCCC1)NC(=O)Nc1ccc(C(N)=O)cc1. The van der Waals surface area contributed by atoms with Gasteiger partial charge in [0, 0.05) is 17.3 Å². The van der Waals surface area contributed by atoms with Crippen molar-refractivity contribution in [3.63, 3.8) is 0 Å². The van der Waals surface area contributed by atoms with Crippen LogP contribution in [0.4, 0.5) is 10.5 Å². The van der Waals surface area contributed by atoms with E-state index >= 15 is 0 Å². The van der Waals surface area contributed by atoms with Gasteiger partial charge in [-0.05, 0) is 43.5 Å². The molecule has 1 fully saturated rings. The Labute approximate surface area is 131 Å². The highest BCUT2D eigenvalue weighted by atomic mass is 16.2. The molecule has 0 aliphatic heterocycles. The fraction of sp³-hybridized carbons (Fsp3) is 0.529. The van der Waals surface area contributed by atoms with E-state index in [0.29, 0.717) is 11.3 Å². The van der Waals surface area contributed by atoms with Crippen LogP contribution in [0.1, 0.15) is 55.8 Å². The maximum atomic E-state index is 12.0.